The summed E-state index contributed by atoms with van der Waals surface area (Å²) >= 11 is 0. The van der Waals surface area contributed by atoms with Crippen LogP contribution in [0, 0.1) is 5.82 Å². The zero-order valence-corrected chi connectivity index (χ0v) is 15.1. The number of nitrogens with one attached hydrogen (secondary N) is 3. The molecule has 7 nitrogen and oxygen atoms in total. The van der Waals surface area contributed by atoms with Crippen molar-refractivity contribution in [1.82, 2.24) is 10.2 Å². The third-order valence-electron chi connectivity index (χ3n) is 3.72. The van der Waals surface area contributed by atoms with E-state index < -0.39 is 5.91 Å². The lowest BCUT2D eigenvalue weighted by Crippen LogP contribution is -2.15. The van der Waals surface area contributed by atoms with Crippen molar-refractivity contribution in [1.29, 1.82) is 0 Å². The van der Waals surface area contributed by atoms with Gasteiger partial charge in [0.25, 0.3) is 5.91 Å². The van der Waals surface area contributed by atoms with E-state index in [0.717, 1.165) is 5.56 Å². The van der Waals surface area contributed by atoms with Gasteiger partial charge < -0.3 is 16.0 Å². The Morgan fingerprint density at radius 2 is 1.64 bits per heavy atom. The minimum absolute atomic E-state index is 0.150. The van der Waals surface area contributed by atoms with Crippen molar-refractivity contribution in [2.45, 2.75) is 13.5 Å². The molecule has 3 rings (SSSR count). The van der Waals surface area contributed by atoms with E-state index in [1.807, 2.05) is 0 Å². The van der Waals surface area contributed by atoms with Gasteiger partial charge in [0.05, 0.1) is 0 Å². The number of nitrogens with zero attached hydrogens (tertiary/aromatic N) is 2. The van der Waals surface area contributed by atoms with Crippen LogP contribution < -0.4 is 16.0 Å². The van der Waals surface area contributed by atoms with E-state index in [4.69, 9.17) is 0 Å². The molecule has 0 radical (unpaired) electrons. The van der Waals surface area contributed by atoms with Crippen molar-refractivity contribution in [2.24, 2.45) is 0 Å². The van der Waals surface area contributed by atoms with Crippen LogP contribution >= 0.6 is 0 Å². The van der Waals surface area contributed by atoms with Crippen LogP contribution in [0.1, 0.15) is 23.0 Å². The van der Waals surface area contributed by atoms with E-state index in [1.54, 1.807) is 48.5 Å². The smallest absolute Gasteiger partial charge is 0.276 e. The molecule has 0 aliphatic heterocycles. The third-order valence-corrected chi connectivity index (χ3v) is 3.72. The average Bonchev–Trinajstić information content (AvgIpc) is 2.68. The molecular weight excluding hydrogens is 361 g/mol. The Balaban J connectivity index is 1.59. The molecule has 2 aromatic carbocycles. The number of hydrogen-bond acceptors (Lipinski definition) is 5. The summed E-state index contributed by atoms with van der Waals surface area (Å²) in [6, 6.07) is 16.1. The predicted molar refractivity (Wildman–Crippen MR) is 104 cm³/mol. The highest BCUT2D eigenvalue weighted by Crippen LogP contribution is 2.16. The van der Waals surface area contributed by atoms with Crippen LogP contribution in [-0.4, -0.2) is 22.0 Å². The number of carbonyl (C=O) groups excluding carboxylic acids is 2. The van der Waals surface area contributed by atoms with Crippen molar-refractivity contribution in [3.63, 3.8) is 0 Å². The zero-order valence-electron chi connectivity index (χ0n) is 15.1. The molecule has 1 heterocycles. The van der Waals surface area contributed by atoms with E-state index in [9.17, 15) is 14.0 Å². The van der Waals surface area contributed by atoms with Crippen molar-refractivity contribution in [3.05, 3.63) is 77.7 Å². The Morgan fingerprint density at radius 1 is 0.929 bits per heavy atom. The molecule has 0 saturated carbocycles. The molecule has 0 aliphatic carbocycles. The first kappa shape index (κ1) is 19.0. The number of amides is 2. The van der Waals surface area contributed by atoms with Gasteiger partial charge in [-0.1, -0.05) is 18.2 Å². The van der Waals surface area contributed by atoms with Crippen molar-refractivity contribution in [3.8, 4) is 0 Å². The summed E-state index contributed by atoms with van der Waals surface area (Å²) in [6.45, 7) is 1.86. The Morgan fingerprint density at radius 3 is 2.29 bits per heavy atom. The second kappa shape index (κ2) is 8.72. The fraction of sp³-hybridized carbons (Fsp3) is 0.100. The standard InChI is InChI=1S/C20H18FN5O2/c1-13(27)23-16-3-2-4-17(11-16)24-20(28)18-9-10-19(26-25-18)22-12-14-5-7-15(21)8-6-14/h2-11H,12H2,1H3,(H,22,26)(H,23,27)(H,24,28). The van der Waals surface area contributed by atoms with E-state index in [1.165, 1.54) is 19.1 Å². The summed E-state index contributed by atoms with van der Waals surface area (Å²) in [5.41, 5.74) is 2.15. The summed E-state index contributed by atoms with van der Waals surface area (Å²) in [7, 11) is 0. The maximum Gasteiger partial charge on any atom is 0.276 e. The molecule has 3 N–H and O–H groups in total. The van der Waals surface area contributed by atoms with Crippen LogP contribution in [-0.2, 0) is 11.3 Å². The number of aromatic nitrogens is 2. The van der Waals surface area contributed by atoms with Gasteiger partial charge in [-0.15, -0.1) is 10.2 Å². The second-order valence-corrected chi connectivity index (χ2v) is 6.00. The number of carbonyl (C=O) groups is 2. The summed E-state index contributed by atoms with van der Waals surface area (Å²) < 4.78 is 12.9. The van der Waals surface area contributed by atoms with Crippen LogP contribution in [0.3, 0.4) is 0 Å². The number of anilines is 3. The van der Waals surface area contributed by atoms with Gasteiger partial charge in [-0.2, -0.15) is 0 Å². The molecule has 0 spiro atoms. The Kier molecular flexibility index (Phi) is 5.91. The largest absolute Gasteiger partial charge is 0.365 e. The van der Waals surface area contributed by atoms with Crippen LogP contribution in [0.5, 0.6) is 0 Å². The van der Waals surface area contributed by atoms with Gasteiger partial charge in [0.1, 0.15) is 11.6 Å². The van der Waals surface area contributed by atoms with Crippen molar-refractivity contribution < 1.29 is 14.0 Å². The van der Waals surface area contributed by atoms with Gasteiger partial charge in [-0.25, -0.2) is 4.39 Å². The quantitative estimate of drug-likeness (QED) is 0.610. The SMILES string of the molecule is CC(=O)Nc1cccc(NC(=O)c2ccc(NCc3ccc(F)cc3)nn2)c1. The molecule has 0 bridgehead atoms. The van der Waals surface area contributed by atoms with E-state index in [2.05, 4.69) is 26.1 Å². The van der Waals surface area contributed by atoms with E-state index in [0.29, 0.717) is 23.7 Å². The van der Waals surface area contributed by atoms with Crippen LogP contribution in [0.4, 0.5) is 21.6 Å². The lowest BCUT2D eigenvalue weighted by Gasteiger charge is -2.08. The molecule has 28 heavy (non-hydrogen) atoms. The van der Waals surface area contributed by atoms with Gasteiger partial charge in [0, 0.05) is 24.8 Å². The number of halogens is 1. The first-order valence-corrected chi connectivity index (χ1v) is 8.50. The Hall–Kier alpha value is -3.81. The summed E-state index contributed by atoms with van der Waals surface area (Å²) in [4.78, 5) is 23.4. The molecule has 0 atom stereocenters. The normalized spacial score (nSPS) is 10.2. The van der Waals surface area contributed by atoms with Gasteiger partial charge in [0.2, 0.25) is 5.91 Å². The number of hydrogen-bond donors (Lipinski definition) is 3. The second-order valence-electron chi connectivity index (χ2n) is 6.00. The number of benzene rings is 2. The highest BCUT2D eigenvalue weighted by molar-refractivity contribution is 6.03. The fourth-order valence-electron chi connectivity index (χ4n) is 2.42. The maximum atomic E-state index is 12.9. The molecule has 142 valence electrons. The molecule has 0 saturated heterocycles. The predicted octanol–water partition coefficient (Wildman–Crippen LogP) is 3.44. The van der Waals surface area contributed by atoms with Gasteiger partial charge >= 0.3 is 0 Å². The lowest BCUT2D eigenvalue weighted by molar-refractivity contribution is -0.114. The van der Waals surface area contributed by atoms with Crippen molar-refractivity contribution in [2.75, 3.05) is 16.0 Å². The molecule has 0 fully saturated rings. The van der Waals surface area contributed by atoms with Gasteiger partial charge in [0.15, 0.2) is 5.69 Å². The van der Waals surface area contributed by atoms with Gasteiger partial charge in [-0.05, 0) is 48.0 Å². The van der Waals surface area contributed by atoms with E-state index in [-0.39, 0.29) is 17.4 Å². The lowest BCUT2D eigenvalue weighted by atomic mass is 10.2. The Labute approximate surface area is 161 Å². The molecule has 2 amide bonds. The summed E-state index contributed by atoms with van der Waals surface area (Å²) in [5.74, 6) is -0.411. The molecule has 0 unspecified atom stereocenters. The van der Waals surface area contributed by atoms with Crippen LogP contribution in [0.25, 0.3) is 0 Å². The van der Waals surface area contributed by atoms with Crippen LogP contribution in [0.2, 0.25) is 0 Å². The molecule has 3 aromatic rings. The topological polar surface area (TPSA) is 96.0 Å². The monoisotopic (exact) mass is 379 g/mol. The highest BCUT2D eigenvalue weighted by atomic mass is 19.1. The molecule has 0 aliphatic rings. The van der Waals surface area contributed by atoms with Crippen molar-refractivity contribution >= 4 is 29.0 Å². The van der Waals surface area contributed by atoms with Gasteiger partial charge in [-0.3, -0.25) is 9.59 Å². The highest BCUT2D eigenvalue weighted by Gasteiger charge is 2.09. The number of rotatable bonds is 6. The van der Waals surface area contributed by atoms with Crippen LogP contribution in [0.15, 0.2) is 60.7 Å². The maximum absolute atomic E-state index is 12.9. The van der Waals surface area contributed by atoms with E-state index >= 15 is 0 Å². The fourth-order valence-corrected chi connectivity index (χ4v) is 2.42. The average molecular weight is 379 g/mol. The first-order chi connectivity index (χ1) is 13.5. The third kappa shape index (κ3) is 5.34. The summed E-state index contributed by atoms with van der Waals surface area (Å²) in [5, 5.41) is 16.3. The zero-order chi connectivity index (χ0) is 19.9. The molecule has 8 heteroatoms. The first-order valence-electron chi connectivity index (χ1n) is 8.50. The minimum Gasteiger partial charge on any atom is -0.365 e. The molecular formula is C20H18FN5O2. The Bertz CT molecular complexity index is 975. The summed E-state index contributed by atoms with van der Waals surface area (Å²) in [6.07, 6.45) is 0. The minimum atomic E-state index is -0.419. The molecule has 1 aromatic heterocycles.